The lowest BCUT2D eigenvalue weighted by Crippen LogP contribution is -2.26. The van der Waals surface area contributed by atoms with Gasteiger partial charge in [0.15, 0.2) is 0 Å². The van der Waals surface area contributed by atoms with E-state index in [9.17, 15) is 9.59 Å². The number of likely N-dealkylation sites (N-methyl/N-ethyl adjacent to an activating group) is 1. The summed E-state index contributed by atoms with van der Waals surface area (Å²) >= 11 is 0. The van der Waals surface area contributed by atoms with E-state index in [1.807, 2.05) is 30.3 Å². The molecular formula is C29H27N5O2. The van der Waals surface area contributed by atoms with Crippen LogP contribution in [0.25, 0.3) is 11.1 Å². The minimum Gasteiger partial charge on any atom is -0.348 e. The fourth-order valence-corrected chi connectivity index (χ4v) is 4.35. The Bertz CT molecular complexity index is 1390. The molecule has 180 valence electrons. The summed E-state index contributed by atoms with van der Waals surface area (Å²) in [6.07, 6.45) is 5.97. The predicted octanol–water partition coefficient (Wildman–Crippen LogP) is 4.31. The topological polar surface area (TPSA) is 87.2 Å². The molecule has 0 unspecified atom stereocenters. The quantitative estimate of drug-likeness (QED) is 0.432. The largest absolute Gasteiger partial charge is 0.348 e. The average molecular weight is 478 g/mol. The number of amides is 2. The van der Waals surface area contributed by atoms with Gasteiger partial charge >= 0.3 is 0 Å². The molecule has 0 saturated heterocycles. The third-order valence-corrected chi connectivity index (χ3v) is 6.35. The van der Waals surface area contributed by atoms with E-state index in [-0.39, 0.29) is 11.8 Å². The number of nitrogens with zero attached hydrogens (tertiary/aromatic N) is 3. The molecule has 1 aliphatic rings. The molecule has 4 aromatic rings. The van der Waals surface area contributed by atoms with Crippen molar-refractivity contribution in [3.63, 3.8) is 0 Å². The summed E-state index contributed by atoms with van der Waals surface area (Å²) in [6, 6.07) is 20.7. The lowest BCUT2D eigenvalue weighted by Gasteiger charge is -2.25. The first-order valence-electron chi connectivity index (χ1n) is 11.9. The summed E-state index contributed by atoms with van der Waals surface area (Å²) in [5.74, 6) is -0.354. The van der Waals surface area contributed by atoms with Gasteiger partial charge in [-0.1, -0.05) is 30.3 Å². The number of carbonyl (C=O) groups is 2. The smallest absolute Gasteiger partial charge is 0.255 e. The molecule has 1 aliphatic heterocycles. The van der Waals surface area contributed by atoms with Crippen LogP contribution in [-0.2, 0) is 19.5 Å². The zero-order valence-electron chi connectivity index (χ0n) is 20.1. The number of rotatable bonds is 6. The summed E-state index contributed by atoms with van der Waals surface area (Å²) < 4.78 is 0. The number of anilines is 1. The van der Waals surface area contributed by atoms with Crippen LogP contribution in [0.2, 0.25) is 0 Å². The molecule has 0 saturated carbocycles. The molecule has 0 bridgehead atoms. The van der Waals surface area contributed by atoms with Crippen LogP contribution in [0.3, 0.4) is 0 Å². The maximum Gasteiger partial charge on any atom is 0.255 e. The van der Waals surface area contributed by atoms with Gasteiger partial charge in [0.05, 0.1) is 0 Å². The number of carbonyl (C=O) groups excluding carboxylic acids is 2. The normalized spacial score (nSPS) is 13.0. The highest BCUT2D eigenvalue weighted by atomic mass is 16.2. The SMILES string of the molecule is CN1CCc2ccc(NC(=O)c3cccc(CNC(=O)c4ccc(-c5cncnc5)cc4)c3)cc2C1. The monoisotopic (exact) mass is 477 g/mol. The number of hydrogen-bond acceptors (Lipinski definition) is 5. The standard InChI is InChI=1S/C29H27N5O2/c1-34-12-11-22-9-10-27(14-25(22)18-34)33-29(36)24-4-2-3-20(13-24)15-32-28(35)23-7-5-21(6-8-23)26-16-30-19-31-17-26/h2-10,13-14,16-17,19H,11-12,15,18H2,1H3,(H,32,35)(H,33,36). The Labute approximate surface area is 210 Å². The first-order valence-corrected chi connectivity index (χ1v) is 11.9. The van der Waals surface area contributed by atoms with Gasteiger partial charge in [-0.2, -0.15) is 0 Å². The van der Waals surface area contributed by atoms with Gasteiger partial charge in [-0.3, -0.25) is 9.59 Å². The minimum absolute atomic E-state index is 0.173. The van der Waals surface area contributed by atoms with Gasteiger partial charge in [-0.05, 0) is 72.1 Å². The van der Waals surface area contributed by atoms with E-state index in [0.29, 0.717) is 17.7 Å². The zero-order chi connectivity index (χ0) is 24.9. The molecule has 36 heavy (non-hydrogen) atoms. The molecule has 1 aromatic heterocycles. The van der Waals surface area contributed by atoms with Crippen molar-refractivity contribution in [2.75, 3.05) is 18.9 Å². The average Bonchev–Trinajstić information content (AvgIpc) is 2.92. The Morgan fingerprint density at radius 3 is 2.47 bits per heavy atom. The van der Waals surface area contributed by atoms with E-state index in [1.54, 1.807) is 36.7 Å². The fourth-order valence-electron chi connectivity index (χ4n) is 4.35. The number of hydrogen-bond donors (Lipinski definition) is 2. The Kier molecular flexibility index (Phi) is 6.82. The van der Waals surface area contributed by atoms with Gasteiger partial charge in [0.1, 0.15) is 6.33 Å². The van der Waals surface area contributed by atoms with Crippen molar-refractivity contribution in [1.29, 1.82) is 0 Å². The second kappa shape index (κ2) is 10.5. The van der Waals surface area contributed by atoms with Crippen LogP contribution in [0.5, 0.6) is 0 Å². The molecule has 7 heteroatoms. The molecular weight excluding hydrogens is 450 g/mol. The van der Waals surface area contributed by atoms with E-state index in [2.05, 4.69) is 44.7 Å². The van der Waals surface area contributed by atoms with Crippen molar-refractivity contribution in [3.05, 3.63) is 113 Å². The maximum absolute atomic E-state index is 12.9. The van der Waals surface area contributed by atoms with E-state index >= 15 is 0 Å². The molecule has 7 nitrogen and oxygen atoms in total. The lowest BCUT2D eigenvalue weighted by molar-refractivity contribution is 0.0950. The third kappa shape index (κ3) is 5.47. The van der Waals surface area contributed by atoms with Gasteiger partial charge < -0.3 is 15.5 Å². The van der Waals surface area contributed by atoms with Gasteiger partial charge in [0.25, 0.3) is 11.8 Å². The first kappa shape index (κ1) is 23.4. The molecule has 2 heterocycles. The zero-order valence-corrected chi connectivity index (χ0v) is 20.1. The second-order valence-corrected chi connectivity index (χ2v) is 9.01. The molecule has 2 N–H and O–H groups in total. The highest BCUT2D eigenvalue weighted by Gasteiger charge is 2.15. The van der Waals surface area contributed by atoms with Crippen LogP contribution >= 0.6 is 0 Å². The van der Waals surface area contributed by atoms with E-state index in [0.717, 1.165) is 41.9 Å². The van der Waals surface area contributed by atoms with Crippen LogP contribution in [0, 0.1) is 0 Å². The summed E-state index contributed by atoms with van der Waals surface area (Å²) in [7, 11) is 2.10. The Morgan fingerprint density at radius 2 is 1.67 bits per heavy atom. The number of nitrogens with one attached hydrogen (secondary N) is 2. The second-order valence-electron chi connectivity index (χ2n) is 9.01. The number of benzene rings is 3. The summed E-state index contributed by atoms with van der Waals surface area (Å²) in [4.78, 5) is 35.9. The van der Waals surface area contributed by atoms with Crippen molar-refractivity contribution in [2.24, 2.45) is 0 Å². The van der Waals surface area contributed by atoms with Gasteiger partial charge in [0.2, 0.25) is 0 Å². The van der Waals surface area contributed by atoms with Crippen molar-refractivity contribution in [3.8, 4) is 11.1 Å². The molecule has 0 spiro atoms. The number of fused-ring (bicyclic) bond motifs is 1. The Hall–Kier alpha value is -4.36. The van der Waals surface area contributed by atoms with Crippen LogP contribution in [0.4, 0.5) is 5.69 Å². The molecule has 5 rings (SSSR count). The highest BCUT2D eigenvalue weighted by molar-refractivity contribution is 6.04. The first-order chi connectivity index (χ1) is 17.5. The van der Waals surface area contributed by atoms with Crippen molar-refractivity contribution in [2.45, 2.75) is 19.5 Å². The van der Waals surface area contributed by atoms with E-state index in [4.69, 9.17) is 0 Å². The summed E-state index contributed by atoms with van der Waals surface area (Å²) in [5.41, 5.74) is 7.17. The number of aromatic nitrogens is 2. The Balaban J connectivity index is 1.20. The van der Waals surface area contributed by atoms with Gasteiger partial charge in [-0.15, -0.1) is 0 Å². The molecule has 0 fully saturated rings. The van der Waals surface area contributed by atoms with Crippen LogP contribution in [0.1, 0.15) is 37.4 Å². The van der Waals surface area contributed by atoms with E-state index in [1.165, 1.54) is 17.5 Å². The van der Waals surface area contributed by atoms with Gasteiger partial charge in [0, 0.05) is 54.4 Å². The predicted molar refractivity (Wildman–Crippen MR) is 140 cm³/mol. The van der Waals surface area contributed by atoms with Crippen molar-refractivity contribution < 1.29 is 9.59 Å². The maximum atomic E-state index is 12.9. The van der Waals surface area contributed by atoms with Crippen LogP contribution in [0.15, 0.2) is 85.5 Å². The third-order valence-electron chi connectivity index (χ3n) is 6.35. The van der Waals surface area contributed by atoms with Gasteiger partial charge in [-0.25, -0.2) is 9.97 Å². The molecule has 0 aliphatic carbocycles. The van der Waals surface area contributed by atoms with Crippen molar-refractivity contribution >= 4 is 17.5 Å². The molecule has 0 radical (unpaired) electrons. The van der Waals surface area contributed by atoms with Crippen LogP contribution in [-0.4, -0.2) is 40.3 Å². The molecule has 3 aromatic carbocycles. The summed E-state index contributed by atoms with van der Waals surface area (Å²) in [6.45, 7) is 2.26. The molecule has 0 atom stereocenters. The van der Waals surface area contributed by atoms with E-state index < -0.39 is 0 Å². The molecule has 2 amide bonds. The van der Waals surface area contributed by atoms with Crippen molar-refractivity contribution in [1.82, 2.24) is 20.2 Å². The van der Waals surface area contributed by atoms with Crippen LogP contribution < -0.4 is 10.6 Å². The minimum atomic E-state index is -0.181. The highest BCUT2D eigenvalue weighted by Crippen LogP contribution is 2.22. The lowest BCUT2D eigenvalue weighted by atomic mass is 9.99. The Morgan fingerprint density at radius 1 is 0.861 bits per heavy atom. The summed E-state index contributed by atoms with van der Waals surface area (Å²) in [5, 5.41) is 5.93. The fraction of sp³-hybridized carbons (Fsp3) is 0.172.